The van der Waals surface area contributed by atoms with Crippen molar-refractivity contribution in [2.75, 3.05) is 6.61 Å². The van der Waals surface area contributed by atoms with Crippen LogP contribution in [0.5, 0.6) is 11.5 Å². The lowest BCUT2D eigenvalue weighted by atomic mass is 9.66. The van der Waals surface area contributed by atoms with Gasteiger partial charge in [-0.05, 0) is 90.8 Å². The molecule has 3 aromatic rings. The summed E-state index contributed by atoms with van der Waals surface area (Å²) in [4.78, 5) is 4.34. The SMILES string of the molecule is NC(N)=N[C@@H]1Oc2ccc(cc2)CC[C@@H](S(=O)(=O)O)C2C=C3C[C@H](C[C@H]4C[C@@H](CO)CC#Cc5cc(O)ccc5[C@@H]3O4)[C@H]2c2ccc1cc2. The molecule has 0 spiro atoms. The molecule has 6 heterocycles. The fourth-order valence-electron chi connectivity index (χ4n) is 8.18. The molecule has 8 atom stereocenters. The molecule has 1 saturated heterocycles. The van der Waals surface area contributed by atoms with Gasteiger partial charge in [0.2, 0.25) is 6.23 Å². The Balaban J connectivity index is 1.41. The van der Waals surface area contributed by atoms with Crippen molar-refractivity contribution >= 4 is 16.1 Å². The Kier molecular flexibility index (Phi) is 9.15. The van der Waals surface area contributed by atoms with Crippen LogP contribution >= 0.6 is 0 Å². The molecule has 256 valence electrons. The van der Waals surface area contributed by atoms with Gasteiger partial charge in [0.05, 0.1) is 11.4 Å². The van der Waals surface area contributed by atoms with Crippen molar-refractivity contribution < 1.29 is 32.7 Å². The molecule has 8 bridgehead atoms. The van der Waals surface area contributed by atoms with Crippen LogP contribution in [0.4, 0.5) is 0 Å². The molecule has 0 radical (unpaired) electrons. The van der Waals surface area contributed by atoms with Crippen LogP contribution in [0.15, 0.2) is 83.4 Å². The van der Waals surface area contributed by atoms with Crippen molar-refractivity contribution in [3.05, 3.63) is 106 Å². The number of fused-ring (bicyclic) bond motifs is 7. The second-order valence-electron chi connectivity index (χ2n) is 13.7. The molecule has 0 aromatic heterocycles. The fourth-order valence-corrected chi connectivity index (χ4v) is 9.24. The number of ether oxygens (including phenoxy) is 2. The predicted molar refractivity (Wildman–Crippen MR) is 185 cm³/mol. The number of phenols is 1. The zero-order valence-corrected chi connectivity index (χ0v) is 27.8. The number of hydrogen-bond acceptors (Lipinski definition) is 7. The summed E-state index contributed by atoms with van der Waals surface area (Å²) < 4.78 is 50.8. The Morgan fingerprint density at radius 2 is 1.76 bits per heavy atom. The predicted octanol–water partition coefficient (Wildman–Crippen LogP) is 4.88. The van der Waals surface area contributed by atoms with Crippen LogP contribution in [0.25, 0.3) is 0 Å². The lowest BCUT2D eigenvalue weighted by Gasteiger charge is -2.40. The Labute approximate surface area is 286 Å². The van der Waals surface area contributed by atoms with Gasteiger partial charge in [0, 0.05) is 35.6 Å². The number of nitrogens with zero attached hydrogens (tertiary/aromatic N) is 1. The number of rotatable bonds is 3. The maximum absolute atomic E-state index is 13.4. The summed E-state index contributed by atoms with van der Waals surface area (Å²) >= 11 is 0. The van der Waals surface area contributed by atoms with Crippen LogP contribution in [-0.2, 0) is 21.3 Å². The Bertz CT molecular complexity index is 1930. The molecular weight excluding hydrogens is 642 g/mol. The van der Waals surface area contributed by atoms with E-state index in [1.807, 2.05) is 48.5 Å². The molecule has 11 heteroatoms. The van der Waals surface area contributed by atoms with Crippen molar-refractivity contribution in [1.29, 1.82) is 0 Å². The van der Waals surface area contributed by atoms with E-state index < -0.39 is 33.6 Å². The van der Waals surface area contributed by atoms with E-state index in [0.717, 1.165) is 27.8 Å². The average Bonchev–Trinajstić information content (AvgIpc) is 3.20. The fraction of sp³-hybridized carbons (Fsp3) is 0.395. The number of phenolic OH excluding ortho intramolecular Hbond substituents is 1. The van der Waals surface area contributed by atoms with E-state index in [0.29, 0.717) is 43.4 Å². The summed E-state index contributed by atoms with van der Waals surface area (Å²) in [6.07, 6.45) is 3.36. The zero-order chi connectivity index (χ0) is 34.3. The summed E-state index contributed by atoms with van der Waals surface area (Å²) in [5, 5.41) is 19.5. The molecule has 1 aliphatic carbocycles. The highest BCUT2D eigenvalue weighted by molar-refractivity contribution is 7.86. The Morgan fingerprint density at radius 1 is 1.00 bits per heavy atom. The number of aliphatic imine (C=N–C) groups is 1. The van der Waals surface area contributed by atoms with Gasteiger partial charge in [-0.1, -0.05) is 60.4 Å². The van der Waals surface area contributed by atoms with Gasteiger partial charge in [0.25, 0.3) is 10.1 Å². The number of benzene rings is 3. The lowest BCUT2D eigenvalue weighted by Crippen LogP contribution is -2.38. The van der Waals surface area contributed by atoms with Crippen molar-refractivity contribution in [2.24, 2.45) is 34.2 Å². The third-order valence-corrected chi connectivity index (χ3v) is 11.7. The Hall–Kier alpha value is -4.34. The number of guanidine groups is 1. The molecule has 7 N–H and O–H groups in total. The third-order valence-electron chi connectivity index (χ3n) is 10.4. The largest absolute Gasteiger partial charge is 0.508 e. The van der Waals surface area contributed by atoms with Crippen LogP contribution in [0.3, 0.4) is 0 Å². The van der Waals surface area contributed by atoms with Crippen molar-refractivity contribution in [3.63, 3.8) is 0 Å². The molecular formula is C38H41N3O7S. The quantitative estimate of drug-likeness (QED) is 0.0847. The molecule has 49 heavy (non-hydrogen) atoms. The maximum Gasteiger partial charge on any atom is 0.268 e. The van der Waals surface area contributed by atoms with E-state index in [-0.39, 0.29) is 48.6 Å². The molecule has 10 nitrogen and oxygen atoms in total. The van der Waals surface area contributed by atoms with E-state index in [4.69, 9.17) is 20.9 Å². The minimum Gasteiger partial charge on any atom is -0.508 e. The zero-order valence-electron chi connectivity index (χ0n) is 27.0. The summed E-state index contributed by atoms with van der Waals surface area (Å²) in [6, 6.07) is 20.2. The van der Waals surface area contributed by atoms with Gasteiger partial charge < -0.3 is 31.2 Å². The highest BCUT2D eigenvalue weighted by atomic mass is 32.2. The lowest BCUT2D eigenvalue weighted by molar-refractivity contribution is -0.0131. The van der Waals surface area contributed by atoms with Crippen LogP contribution in [0.2, 0.25) is 0 Å². The number of allylic oxidation sites excluding steroid dienone is 1. The highest BCUT2D eigenvalue weighted by Crippen LogP contribution is 2.53. The molecule has 0 amide bonds. The van der Waals surface area contributed by atoms with Crippen LogP contribution in [0, 0.1) is 29.6 Å². The number of aromatic hydroxyl groups is 1. The normalized spacial score (nSPS) is 29.2. The first-order valence-electron chi connectivity index (χ1n) is 16.7. The second kappa shape index (κ2) is 13.5. The van der Waals surface area contributed by atoms with Crippen molar-refractivity contribution in [3.8, 4) is 23.3 Å². The van der Waals surface area contributed by atoms with E-state index in [1.165, 1.54) is 0 Å². The minimum atomic E-state index is -4.52. The van der Waals surface area contributed by atoms with E-state index in [2.05, 4.69) is 16.8 Å². The van der Waals surface area contributed by atoms with E-state index in [9.17, 15) is 23.2 Å². The summed E-state index contributed by atoms with van der Waals surface area (Å²) in [5.74, 6) is 5.91. The summed E-state index contributed by atoms with van der Waals surface area (Å²) in [7, 11) is -4.52. The molecule has 1 unspecified atom stereocenters. The molecule has 7 aliphatic rings. The molecule has 6 aliphatic heterocycles. The van der Waals surface area contributed by atoms with Crippen LogP contribution in [-0.4, -0.2) is 47.1 Å². The smallest absolute Gasteiger partial charge is 0.268 e. The Morgan fingerprint density at radius 3 is 2.47 bits per heavy atom. The number of hydrogen-bond donors (Lipinski definition) is 5. The van der Waals surface area contributed by atoms with Crippen LogP contribution in [0.1, 0.15) is 78.2 Å². The van der Waals surface area contributed by atoms with Gasteiger partial charge >= 0.3 is 0 Å². The van der Waals surface area contributed by atoms with E-state index in [1.54, 1.807) is 24.3 Å². The number of nitrogens with two attached hydrogens (primary N) is 2. The number of aryl methyl sites for hydroxylation is 1. The summed E-state index contributed by atoms with van der Waals surface area (Å²) in [6.45, 7) is -0.0439. The average molecular weight is 684 g/mol. The second-order valence-corrected chi connectivity index (χ2v) is 15.3. The first-order valence-corrected chi connectivity index (χ1v) is 18.2. The maximum atomic E-state index is 13.4. The summed E-state index contributed by atoms with van der Waals surface area (Å²) in [5.41, 5.74) is 16.5. The molecule has 3 aromatic carbocycles. The monoisotopic (exact) mass is 683 g/mol. The van der Waals surface area contributed by atoms with Gasteiger partial charge in [-0.15, -0.1) is 0 Å². The number of aliphatic hydroxyl groups excluding tert-OH is 1. The standard InChI is InChI=1S/C38H41N3O7S/c39-38(40)41-37-25-9-7-24(8-10-25)35-27-17-28(20-33(35)34(49(44,45)46)15-6-22-4-12-30(48-37)13-5-22)36-32-14-11-29(43)18-26(32)3-1-2-23(21-42)16-31(19-27)47-36/h4-5,7-14,18,20,23,27,31,33-37,42-43H,2,6,15-17,19,21H2,(H4,39,40,41)(H,44,45,46)/t23-,27+,31+,33?,34+,35+,36+,37+/m0/s1. The van der Waals surface area contributed by atoms with Crippen molar-refractivity contribution in [1.82, 2.24) is 0 Å². The first kappa shape index (κ1) is 33.2. The topological polar surface area (TPSA) is 178 Å². The minimum absolute atomic E-state index is 0.0439. The molecule has 10 rings (SSSR count). The highest BCUT2D eigenvalue weighted by Gasteiger charge is 2.47. The van der Waals surface area contributed by atoms with Crippen LogP contribution < -0.4 is 16.2 Å². The van der Waals surface area contributed by atoms with Gasteiger partial charge in [-0.25, -0.2) is 4.99 Å². The van der Waals surface area contributed by atoms with Gasteiger partial charge in [-0.2, -0.15) is 8.42 Å². The van der Waals surface area contributed by atoms with Gasteiger partial charge in [0.15, 0.2) is 5.96 Å². The molecule has 1 fully saturated rings. The van der Waals surface area contributed by atoms with Gasteiger partial charge in [-0.3, -0.25) is 4.55 Å². The van der Waals surface area contributed by atoms with E-state index >= 15 is 0 Å². The first-order chi connectivity index (χ1) is 23.6. The van der Waals surface area contributed by atoms with Crippen molar-refractivity contribution in [2.45, 2.75) is 68.1 Å². The number of aliphatic hydroxyl groups is 1. The van der Waals surface area contributed by atoms with Gasteiger partial charge in [0.1, 0.15) is 17.6 Å². The molecule has 0 saturated carbocycles. The third kappa shape index (κ3) is 7.05.